The Morgan fingerprint density at radius 2 is 1.37 bits per heavy atom. The lowest BCUT2D eigenvalue weighted by atomic mass is 10.0. The molecule has 1 saturated heterocycles. The number of imide groups is 1. The Morgan fingerprint density at radius 1 is 0.778 bits per heavy atom. The average molecular weight is 755 g/mol. The molecule has 3 rings (SSSR count). The van der Waals surface area contributed by atoms with Gasteiger partial charge in [0, 0.05) is 44.6 Å². The monoisotopic (exact) mass is 754 g/mol. The summed E-state index contributed by atoms with van der Waals surface area (Å²) in [6, 6.07) is 3.16. The first-order valence-electron chi connectivity index (χ1n) is 17.3. The molecule has 8 amide bonds. The second-order valence-electron chi connectivity index (χ2n) is 12.5. The second kappa shape index (κ2) is 21.2. The number of hydrogen-bond donors (Lipinski definition) is 9. The fraction of sp³-hybridized carbons (Fsp3) is 0.471. The molecule has 11 N–H and O–H groups in total. The lowest BCUT2D eigenvalue weighted by molar-refractivity contribution is -0.141. The highest BCUT2D eigenvalue weighted by Gasteiger charge is 2.33. The van der Waals surface area contributed by atoms with Crippen molar-refractivity contribution >= 4 is 59.2 Å². The number of unbranched alkanes of at least 4 members (excludes halogenated alkanes) is 1. The fourth-order valence-electron chi connectivity index (χ4n) is 5.49. The summed E-state index contributed by atoms with van der Waals surface area (Å²) in [5.41, 5.74) is 11.4. The molecule has 0 radical (unpaired) electrons. The first-order chi connectivity index (χ1) is 25.7. The third-order valence-electron chi connectivity index (χ3n) is 8.29. The first-order valence-corrected chi connectivity index (χ1v) is 17.3. The van der Waals surface area contributed by atoms with Crippen molar-refractivity contribution in [2.75, 3.05) is 26.2 Å². The molecule has 54 heavy (non-hydrogen) atoms. The van der Waals surface area contributed by atoms with E-state index in [1.165, 1.54) is 0 Å². The molecule has 3 unspecified atom stereocenters. The molecule has 4 atom stereocenters. The first kappa shape index (κ1) is 42.1. The largest absolute Gasteiger partial charge is 0.481 e. The van der Waals surface area contributed by atoms with Crippen molar-refractivity contribution in [3.8, 4) is 0 Å². The van der Waals surface area contributed by atoms with E-state index in [1.54, 1.807) is 30.3 Å². The van der Waals surface area contributed by atoms with Gasteiger partial charge in [-0.15, -0.1) is 0 Å². The van der Waals surface area contributed by atoms with E-state index < -0.39 is 90.4 Å². The van der Waals surface area contributed by atoms with Crippen LogP contribution in [0.25, 0.3) is 0 Å². The predicted molar refractivity (Wildman–Crippen MR) is 190 cm³/mol. The van der Waals surface area contributed by atoms with Crippen LogP contribution in [0, 0.1) is 0 Å². The Bertz CT molecular complexity index is 1610. The topological polar surface area (TPSA) is 314 Å². The van der Waals surface area contributed by atoms with Gasteiger partial charge in [-0.25, -0.2) is 0 Å². The van der Waals surface area contributed by atoms with Crippen molar-refractivity contribution in [1.82, 2.24) is 36.8 Å². The standard InChI is InChI=1S/C34H46N10O10/c35-34(36)38-15-6-10-21-30(51)39-19-26(46)40-24(18-29(49)50)33(54)43-23(17-20-7-2-1-3-8-20)32(53)42-22(31(52)41-21)9-4-5-14-37-25(45)13-16-44-27(47)11-12-28(44)48/h1-3,7-8,11-12,21-24H,4-6,9-10,13-19H2,(H,37,45)(H,39,51)(H,40,46)(H,41,52)(H,42,53)(H,43,54)(H,49,50)(H4,35,36,38)/t21-,22?,23?,24?/m0/s1. The molecule has 20 heteroatoms. The molecule has 0 bridgehead atoms. The summed E-state index contributed by atoms with van der Waals surface area (Å²) in [5.74, 6) is -7.22. The van der Waals surface area contributed by atoms with E-state index in [0.29, 0.717) is 12.0 Å². The molecule has 20 nitrogen and oxygen atoms in total. The Kier molecular flexibility index (Phi) is 16.6. The predicted octanol–water partition coefficient (Wildman–Crippen LogP) is -3.57. The molecular formula is C34H46N10O10. The zero-order chi connectivity index (χ0) is 39.6. The zero-order valence-corrected chi connectivity index (χ0v) is 29.5. The SMILES string of the molecule is NC(N)=NCCC[C@@H]1NC(=O)C(CCCCNC(=O)CCN2C(=O)C=CC2=O)NC(=O)C(Cc2ccccc2)NC(=O)C(CC(=O)O)NC(=O)CNC1=O. The van der Waals surface area contributed by atoms with E-state index in [9.17, 15) is 48.3 Å². The molecule has 1 aromatic rings. The van der Waals surface area contributed by atoms with Crippen LogP contribution in [0.5, 0.6) is 0 Å². The minimum absolute atomic E-state index is 0.0195. The summed E-state index contributed by atoms with van der Waals surface area (Å²) in [6.45, 7) is -0.477. The lowest BCUT2D eigenvalue weighted by Crippen LogP contribution is -2.58. The van der Waals surface area contributed by atoms with Crippen molar-refractivity contribution in [3.05, 3.63) is 48.0 Å². The van der Waals surface area contributed by atoms with E-state index in [4.69, 9.17) is 11.5 Å². The number of guanidine groups is 1. The number of carbonyl (C=O) groups excluding carboxylic acids is 8. The molecule has 0 aromatic heterocycles. The van der Waals surface area contributed by atoms with E-state index >= 15 is 0 Å². The number of aliphatic carboxylic acids is 1. The van der Waals surface area contributed by atoms with Crippen LogP contribution in [0.4, 0.5) is 0 Å². The van der Waals surface area contributed by atoms with Gasteiger partial charge in [0.25, 0.3) is 11.8 Å². The summed E-state index contributed by atoms with van der Waals surface area (Å²) in [6.07, 6.45) is 2.12. The quantitative estimate of drug-likeness (QED) is 0.0343. The summed E-state index contributed by atoms with van der Waals surface area (Å²) in [7, 11) is 0. The Labute approximate surface area is 310 Å². The molecule has 2 aliphatic rings. The minimum atomic E-state index is -1.61. The molecule has 2 heterocycles. The average Bonchev–Trinajstić information content (AvgIpc) is 3.44. The van der Waals surface area contributed by atoms with Gasteiger partial charge in [0.2, 0.25) is 35.4 Å². The van der Waals surface area contributed by atoms with Crippen molar-refractivity contribution in [3.63, 3.8) is 0 Å². The highest BCUT2D eigenvalue weighted by atomic mass is 16.4. The van der Waals surface area contributed by atoms with Crippen molar-refractivity contribution in [2.24, 2.45) is 16.5 Å². The zero-order valence-electron chi connectivity index (χ0n) is 29.5. The minimum Gasteiger partial charge on any atom is -0.481 e. The van der Waals surface area contributed by atoms with Gasteiger partial charge in [-0.3, -0.25) is 53.0 Å². The van der Waals surface area contributed by atoms with Gasteiger partial charge in [0.05, 0.1) is 13.0 Å². The normalized spacial score (nSPS) is 21.1. The van der Waals surface area contributed by atoms with Crippen LogP contribution in [0.15, 0.2) is 47.5 Å². The Balaban J connectivity index is 1.80. The van der Waals surface area contributed by atoms with Gasteiger partial charge in [-0.2, -0.15) is 0 Å². The number of nitrogens with one attached hydrogen (secondary N) is 6. The highest BCUT2D eigenvalue weighted by Crippen LogP contribution is 2.10. The van der Waals surface area contributed by atoms with Crippen LogP contribution in [-0.2, 0) is 49.6 Å². The molecule has 292 valence electrons. The summed E-state index contributed by atoms with van der Waals surface area (Å²) in [4.78, 5) is 119. The van der Waals surface area contributed by atoms with Crippen molar-refractivity contribution in [2.45, 2.75) is 75.5 Å². The molecular weight excluding hydrogens is 708 g/mol. The molecule has 0 aliphatic carbocycles. The molecule has 1 fully saturated rings. The number of nitrogens with zero attached hydrogens (tertiary/aromatic N) is 2. The number of carbonyl (C=O) groups is 9. The number of hydrogen-bond acceptors (Lipinski definition) is 10. The number of nitrogens with two attached hydrogens (primary N) is 2. The summed E-state index contributed by atoms with van der Waals surface area (Å²) in [5, 5.41) is 24.6. The van der Waals surface area contributed by atoms with E-state index in [0.717, 1.165) is 17.1 Å². The third kappa shape index (κ3) is 14.4. The number of amides is 8. The van der Waals surface area contributed by atoms with E-state index in [2.05, 4.69) is 36.9 Å². The number of aliphatic imine (C=N–C) groups is 1. The van der Waals surface area contributed by atoms with E-state index in [-0.39, 0.29) is 64.1 Å². The molecule has 1 aromatic carbocycles. The number of carboxylic acids is 1. The van der Waals surface area contributed by atoms with Crippen LogP contribution >= 0.6 is 0 Å². The van der Waals surface area contributed by atoms with Gasteiger partial charge >= 0.3 is 5.97 Å². The summed E-state index contributed by atoms with van der Waals surface area (Å²) >= 11 is 0. The van der Waals surface area contributed by atoms with Gasteiger partial charge < -0.3 is 48.5 Å². The van der Waals surface area contributed by atoms with E-state index in [1.807, 2.05) is 0 Å². The summed E-state index contributed by atoms with van der Waals surface area (Å²) < 4.78 is 0. The second-order valence-corrected chi connectivity index (χ2v) is 12.5. The molecule has 2 aliphatic heterocycles. The van der Waals surface area contributed by atoms with Crippen LogP contribution < -0.4 is 43.4 Å². The smallest absolute Gasteiger partial charge is 0.305 e. The Morgan fingerprint density at radius 3 is 2.02 bits per heavy atom. The van der Waals surface area contributed by atoms with Crippen LogP contribution in [-0.4, -0.2) is 120 Å². The Hall–Kier alpha value is -6.34. The van der Waals surface area contributed by atoms with Gasteiger partial charge in [0.1, 0.15) is 24.2 Å². The van der Waals surface area contributed by atoms with Crippen LogP contribution in [0.2, 0.25) is 0 Å². The van der Waals surface area contributed by atoms with Gasteiger partial charge in [-0.05, 0) is 37.7 Å². The maximum absolute atomic E-state index is 13.8. The van der Waals surface area contributed by atoms with Crippen LogP contribution in [0.3, 0.4) is 0 Å². The highest BCUT2D eigenvalue weighted by molar-refractivity contribution is 6.13. The third-order valence-corrected chi connectivity index (χ3v) is 8.29. The maximum atomic E-state index is 13.8. The number of rotatable bonds is 16. The van der Waals surface area contributed by atoms with Crippen LogP contribution in [0.1, 0.15) is 50.5 Å². The number of benzene rings is 1. The molecule has 0 saturated carbocycles. The van der Waals surface area contributed by atoms with Crippen molar-refractivity contribution in [1.29, 1.82) is 0 Å². The maximum Gasteiger partial charge on any atom is 0.305 e. The number of carboxylic acid groups (broad SMARTS) is 1. The van der Waals surface area contributed by atoms with Gasteiger partial charge in [0.15, 0.2) is 5.96 Å². The van der Waals surface area contributed by atoms with Gasteiger partial charge in [-0.1, -0.05) is 30.3 Å². The lowest BCUT2D eigenvalue weighted by Gasteiger charge is -2.26. The van der Waals surface area contributed by atoms with Crippen molar-refractivity contribution < 1.29 is 48.3 Å². The molecule has 0 spiro atoms. The fourth-order valence-corrected chi connectivity index (χ4v) is 5.49.